The topological polar surface area (TPSA) is 109 Å². The normalized spacial score (nSPS) is 28.3. The number of benzene rings is 2. The molecular weight excluding hydrogens is 446 g/mol. The maximum atomic E-state index is 10.2. The fraction of sp³-hybridized carbons (Fsp3) is 0.556. The summed E-state index contributed by atoms with van der Waals surface area (Å²) >= 11 is 0. The average Bonchev–Trinajstić information content (AvgIpc) is 3.29. The molecule has 0 aliphatic carbocycles. The molecule has 1 spiro atoms. The maximum absolute atomic E-state index is 10.2. The van der Waals surface area contributed by atoms with Crippen molar-refractivity contribution in [2.75, 3.05) is 49.7 Å². The summed E-state index contributed by atoms with van der Waals surface area (Å²) in [4.78, 5) is 4.30. The molecule has 8 nitrogen and oxygen atoms in total. The second kappa shape index (κ2) is 10.0. The summed E-state index contributed by atoms with van der Waals surface area (Å²) in [6, 6.07) is 14.3. The van der Waals surface area contributed by atoms with Crippen molar-refractivity contribution in [1.29, 1.82) is 0 Å². The summed E-state index contributed by atoms with van der Waals surface area (Å²) in [7, 11) is 0. The molecule has 5 rings (SSSR count). The van der Waals surface area contributed by atoms with E-state index in [1.54, 1.807) is 0 Å². The minimum Gasteiger partial charge on any atom is -0.395 e. The molecule has 0 radical (unpaired) electrons. The molecule has 0 saturated carbocycles. The summed E-state index contributed by atoms with van der Waals surface area (Å²) in [5, 5.41) is 43.4. The fourth-order valence-electron chi connectivity index (χ4n) is 5.59. The Bertz CT molecular complexity index is 1010. The second-order valence-electron chi connectivity index (χ2n) is 10.6. The highest BCUT2D eigenvalue weighted by atomic mass is 16.5. The van der Waals surface area contributed by atoms with E-state index in [1.807, 2.05) is 17.0 Å². The number of aryl methyl sites for hydroxylation is 1. The van der Waals surface area contributed by atoms with E-state index in [0.29, 0.717) is 18.5 Å². The Morgan fingerprint density at radius 3 is 2.43 bits per heavy atom. The Morgan fingerprint density at radius 2 is 1.77 bits per heavy atom. The molecular formula is C27H37N3O5. The molecule has 0 aromatic heterocycles. The number of aliphatic hydroxyl groups is 4. The lowest BCUT2D eigenvalue weighted by atomic mass is 9.85. The number of nitrogens with zero attached hydrogens (tertiary/aromatic N) is 2. The van der Waals surface area contributed by atoms with E-state index in [4.69, 9.17) is 4.74 Å². The molecule has 3 fully saturated rings. The van der Waals surface area contributed by atoms with Crippen molar-refractivity contribution in [2.45, 2.75) is 50.8 Å². The Kier molecular flexibility index (Phi) is 7.03. The monoisotopic (exact) mass is 483 g/mol. The van der Waals surface area contributed by atoms with Gasteiger partial charge in [0, 0.05) is 49.5 Å². The second-order valence-corrected chi connectivity index (χ2v) is 10.6. The molecule has 190 valence electrons. The first kappa shape index (κ1) is 24.5. The van der Waals surface area contributed by atoms with E-state index in [9.17, 15) is 20.4 Å². The van der Waals surface area contributed by atoms with Gasteiger partial charge >= 0.3 is 0 Å². The van der Waals surface area contributed by atoms with Gasteiger partial charge in [0.05, 0.1) is 32.0 Å². The zero-order valence-electron chi connectivity index (χ0n) is 20.3. The van der Waals surface area contributed by atoms with Gasteiger partial charge in [0.25, 0.3) is 0 Å². The summed E-state index contributed by atoms with van der Waals surface area (Å²) in [6.45, 7) is 7.15. The van der Waals surface area contributed by atoms with Crippen LogP contribution in [0.2, 0.25) is 0 Å². The van der Waals surface area contributed by atoms with Crippen LogP contribution in [0.3, 0.4) is 0 Å². The third-order valence-corrected chi connectivity index (χ3v) is 7.80. The number of ether oxygens (including phenoxy) is 1. The van der Waals surface area contributed by atoms with Crippen LogP contribution in [0.1, 0.15) is 23.1 Å². The molecule has 3 saturated heterocycles. The van der Waals surface area contributed by atoms with Crippen molar-refractivity contribution >= 4 is 11.4 Å². The van der Waals surface area contributed by atoms with Crippen LogP contribution >= 0.6 is 0 Å². The first-order valence-electron chi connectivity index (χ1n) is 12.5. The minimum absolute atomic E-state index is 0.202. The van der Waals surface area contributed by atoms with Crippen LogP contribution in [-0.2, 0) is 17.8 Å². The number of β-amino-alcohol motifs (C(OH)–C–C–N with tert-alkyl or cyclic N) is 1. The Labute approximate surface area is 206 Å². The van der Waals surface area contributed by atoms with Crippen LogP contribution in [0, 0.1) is 12.3 Å². The largest absolute Gasteiger partial charge is 0.395 e. The zero-order valence-corrected chi connectivity index (χ0v) is 20.3. The van der Waals surface area contributed by atoms with E-state index < -0.39 is 24.4 Å². The highest BCUT2D eigenvalue weighted by molar-refractivity contribution is 5.61. The number of hydrogen-bond donors (Lipinski definition) is 5. The van der Waals surface area contributed by atoms with Crippen LogP contribution in [0.15, 0.2) is 42.5 Å². The van der Waals surface area contributed by atoms with Crippen LogP contribution < -0.4 is 10.2 Å². The number of aliphatic hydroxyl groups excluding tert-OH is 4. The lowest BCUT2D eigenvalue weighted by molar-refractivity contribution is -0.147. The van der Waals surface area contributed by atoms with Gasteiger partial charge in [-0.05, 0) is 48.2 Å². The predicted molar refractivity (Wildman–Crippen MR) is 134 cm³/mol. The molecule has 8 heteroatoms. The Balaban J connectivity index is 1.19. The molecule has 2 aromatic rings. The zero-order chi connectivity index (χ0) is 24.6. The van der Waals surface area contributed by atoms with Crippen LogP contribution in [-0.4, -0.2) is 89.1 Å². The minimum atomic E-state index is -1.24. The van der Waals surface area contributed by atoms with E-state index in [2.05, 4.69) is 47.5 Å². The molecule has 0 amide bonds. The first-order chi connectivity index (χ1) is 16.9. The van der Waals surface area contributed by atoms with Gasteiger partial charge in [0.2, 0.25) is 0 Å². The number of rotatable bonds is 7. The van der Waals surface area contributed by atoms with Crippen molar-refractivity contribution in [3.8, 4) is 0 Å². The van der Waals surface area contributed by atoms with Crippen molar-refractivity contribution in [3.63, 3.8) is 0 Å². The van der Waals surface area contributed by atoms with Gasteiger partial charge in [-0.3, -0.25) is 4.90 Å². The summed E-state index contributed by atoms with van der Waals surface area (Å²) < 4.78 is 5.47. The highest BCUT2D eigenvalue weighted by Crippen LogP contribution is 2.40. The van der Waals surface area contributed by atoms with Crippen molar-refractivity contribution in [3.05, 3.63) is 59.2 Å². The third kappa shape index (κ3) is 5.18. The SMILES string of the molecule is Cc1cc(NCc2ccc(CN3C[C@H](O)[C@@H](O)[C@H](O)[C@H]3CO)cc2)cc(N2CCC3(COC3)C2)c1. The van der Waals surface area contributed by atoms with Crippen LogP contribution in [0.5, 0.6) is 0 Å². The summed E-state index contributed by atoms with van der Waals surface area (Å²) in [5.41, 5.74) is 6.14. The number of nitrogens with one attached hydrogen (secondary N) is 1. The third-order valence-electron chi connectivity index (χ3n) is 7.80. The average molecular weight is 484 g/mol. The van der Waals surface area contributed by atoms with Crippen LogP contribution in [0.25, 0.3) is 0 Å². The van der Waals surface area contributed by atoms with Crippen LogP contribution in [0.4, 0.5) is 11.4 Å². The molecule has 35 heavy (non-hydrogen) atoms. The van der Waals surface area contributed by atoms with E-state index in [0.717, 1.165) is 43.1 Å². The molecule has 5 N–H and O–H groups in total. The quantitative estimate of drug-likeness (QED) is 0.398. The molecule has 2 aromatic carbocycles. The lowest BCUT2D eigenvalue weighted by Crippen LogP contribution is -2.62. The Hall–Kier alpha value is -2.20. The van der Waals surface area contributed by atoms with Gasteiger partial charge < -0.3 is 35.4 Å². The number of hydrogen-bond acceptors (Lipinski definition) is 8. The number of likely N-dealkylation sites (tertiary alicyclic amines) is 1. The van der Waals surface area contributed by atoms with Gasteiger partial charge in [0.15, 0.2) is 0 Å². The molecule has 3 heterocycles. The van der Waals surface area contributed by atoms with Gasteiger partial charge in [-0.1, -0.05) is 24.3 Å². The Morgan fingerprint density at radius 1 is 1.03 bits per heavy atom. The van der Waals surface area contributed by atoms with E-state index in [1.165, 1.54) is 17.7 Å². The maximum Gasteiger partial charge on any atom is 0.109 e. The van der Waals surface area contributed by atoms with Crippen molar-refractivity contribution in [1.82, 2.24) is 4.90 Å². The predicted octanol–water partition coefficient (Wildman–Crippen LogP) is 1.09. The molecule has 3 aliphatic rings. The van der Waals surface area contributed by atoms with E-state index in [-0.39, 0.29) is 13.2 Å². The number of anilines is 2. The molecule has 4 atom stereocenters. The van der Waals surface area contributed by atoms with Gasteiger partial charge in [0.1, 0.15) is 12.2 Å². The van der Waals surface area contributed by atoms with Crippen molar-refractivity contribution in [2.24, 2.45) is 5.41 Å². The smallest absolute Gasteiger partial charge is 0.109 e. The van der Waals surface area contributed by atoms with Crippen molar-refractivity contribution < 1.29 is 25.2 Å². The summed E-state index contributed by atoms with van der Waals surface area (Å²) in [5.74, 6) is 0. The van der Waals surface area contributed by atoms with Gasteiger partial charge in [-0.2, -0.15) is 0 Å². The first-order valence-corrected chi connectivity index (χ1v) is 12.5. The molecule has 0 bridgehead atoms. The summed E-state index contributed by atoms with van der Waals surface area (Å²) in [6.07, 6.45) is -2.26. The van der Waals surface area contributed by atoms with Gasteiger partial charge in [-0.15, -0.1) is 0 Å². The number of piperidine rings is 1. The fourth-order valence-corrected chi connectivity index (χ4v) is 5.59. The standard InChI is InChI=1S/C27H37N3O5/c1-18-8-21(10-22(9-18)29-7-6-27(15-29)16-35-17-27)28-11-19-2-4-20(5-3-19)12-30-13-24(32)26(34)25(33)23(30)14-31/h2-5,8-10,23-26,28,31-34H,6-7,11-17H2,1H3/t23-,24+,25-,26-/m1/s1. The highest BCUT2D eigenvalue weighted by Gasteiger charge is 2.44. The van der Waals surface area contributed by atoms with E-state index >= 15 is 0 Å². The lowest BCUT2D eigenvalue weighted by Gasteiger charge is -2.43. The molecule has 0 unspecified atom stereocenters. The van der Waals surface area contributed by atoms with Gasteiger partial charge in [-0.25, -0.2) is 0 Å². The molecule has 3 aliphatic heterocycles.